The van der Waals surface area contributed by atoms with Crippen LogP contribution in [0, 0.1) is 13.8 Å². The summed E-state index contributed by atoms with van der Waals surface area (Å²) in [6.07, 6.45) is 4.22. The van der Waals surface area contributed by atoms with E-state index in [4.69, 9.17) is 0 Å². The molecule has 0 bridgehead atoms. The monoisotopic (exact) mass is 277 g/mol. The number of nitrogens with zero attached hydrogens (tertiary/aromatic N) is 2. The standard InChI is InChI=1S/C14H19N3OS/c1-8(6-15-11-4-5-11)17-7-16-13-12(14(17)18)9(2)10(3)19-13/h7-8,11,15H,4-6H2,1-3H3. The van der Waals surface area contributed by atoms with E-state index in [1.54, 1.807) is 22.2 Å². The van der Waals surface area contributed by atoms with Crippen LogP contribution < -0.4 is 10.9 Å². The van der Waals surface area contributed by atoms with Gasteiger partial charge in [0.05, 0.1) is 11.7 Å². The van der Waals surface area contributed by atoms with Crippen molar-refractivity contribution >= 4 is 21.6 Å². The van der Waals surface area contributed by atoms with Gasteiger partial charge in [0.15, 0.2) is 0 Å². The minimum atomic E-state index is 0.0944. The first-order valence-electron chi connectivity index (χ1n) is 6.78. The maximum atomic E-state index is 12.6. The third-order valence-corrected chi connectivity index (χ3v) is 4.98. The van der Waals surface area contributed by atoms with Crippen LogP contribution in [0.25, 0.3) is 10.2 Å². The van der Waals surface area contributed by atoms with Crippen LogP contribution in [0.5, 0.6) is 0 Å². The minimum Gasteiger partial charge on any atom is -0.312 e. The first kappa shape index (κ1) is 12.8. The van der Waals surface area contributed by atoms with Gasteiger partial charge in [-0.3, -0.25) is 9.36 Å². The van der Waals surface area contributed by atoms with Crippen molar-refractivity contribution in [3.05, 3.63) is 27.1 Å². The maximum absolute atomic E-state index is 12.6. The van der Waals surface area contributed by atoms with E-state index in [9.17, 15) is 4.79 Å². The average Bonchev–Trinajstić information content (AvgIpc) is 3.15. The van der Waals surface area contributed by atoms with E-state index in [1.165, 1.54) is 17.7 Å². The Morgan fingerprint density at radius 3 is 2.95 bits per heavy atom. The van der Waals surface area contributed by atoms with E-state index in [2.05, 4.69) is 17.2 Å². The van der Waals surface area contributed by atoms with Gasteiger partial charge in [-0.15, -0.1) is 11.3 Å². The lowest BCUT2D eigenvalue weighted by atomic mass is 10.2. The molecule has 19 heavy (non-hydrogen) atoms. The van der Waals surface area contributed by atoms with Crippen LogP contribution in [-0.4, -0.2) is 22.1 Å². The largest absolute Gasteiger partial charge is 0.312 e. The zero-order chi connectivity index (χ0) is 13.6. The number of rotatable bonds is 4. The Labute approximate surface area is 116 Å². The fraction of sp³-hybridized carbons (Fsp3) is 0.571. The van der Waals surface area contributed by atoms with E-state index in [0.29, 0.717) is 6.04 Å². The summed E-state index contributed by atoms with van der Waals surface area (Å²) in [5, 5.41) is 4.26. The van der Waals surface area contributed by atoms with Crippen LogP contribution in [0.3, 0.4) is 0 Å². The molecule has 0 spiro atoms. The van der Waals surface area contributed by atoms with E-state index in [-0.39, 0.29) is 11.6 Å². The summed E-state index contributed by atoms with van der Waals surface area (Å²) >= 11 is 1.60. The van der Waals surface area contributed by atoms with Crippen LogP contribution in [0.1, 0.15) is 36.2 Å². The van der Waals surface area contributed by atoms with Crippen LogP contribution in [0.4, 0.5) is 0 Å². The second kappa shape index (κ2) is 4.72. The first-order valence-corrected chi connectivity index (χ1v) is 7.60. The van der Waals surface area contributed by atoms with Gasteiger partial charge in [0.1, 0.15) is 4.83 Å². The Bertz CT molecular complexity index is 669. The minimum absolute atomic E-state index is 0.0944. The predicted molar refractivity (Wildman–Crippen MR) is 79.1 cm³/mol. The van der Waals surface area contributed by atoms with Crippen molar-refractivity contribution in [1.82, 2.24) is 14.9 Å². The highest BCUT2D eigenvalue weighted by Gasteiger charge is 2.22. The van der Waals surface area contributed by atoms with Gasteiger partial charge in [0, 0.05) is 23.5 Å². The zero-order valence-corrected chi connectivity index (χ0v) is 12.4. The molecule has 1 fully saturated rings. The van der Waals surface area contributed by atoms with Gasteiger partial charge in [-0.25, -0.2) is 4.98 Å². The Morgan fingerprint density at radius 2 is 2.26 bits per heavy atom. The molecule has 3 rings (SSSR count). The molecule has 1 saturated carbocycles. The van der Waals surface area contributed by atoms with Gasteiger partial charge >= 0.3 is 0 Å². The van der Waals surface area contributed by atoms with Crippen molar-refractivity contribution in [2.24, 2.45) is 0 Å². The molecule has 1 aliphatic rings. The molecule has 0 radical (unpaired) electrons. The molecule has 1 N–H and O–H groups in total. The molecule has 102 valence electrons. The Hall–Kier alpha value is -1.20. The van der Waals surface area contributed by atoms with Crippen molar-refractivity contribution < 1.29 is 0 Å². The normalized spacial score (nSPS) is 17.0. The summed E-state index contributed by atoms with van der Waals surface area (Å²) in [6, 6.07) is 0.810. The van der Waals surface area contributed by atoms with Crippen LogP contribution >= 0.6 is 11.3 Å². The highest BCUT2D eigenvalue weighted by Crippen LogP contribution is 2.26. The number of hydrogen-bond acceptors (Lipinski definition) is 4. The molecule has 4 nitrogen and oxygen atoms in total. The molecular weight excluding hydrogens is 258 g/mol. The summed E-state index contributed by atoms with van der Waals surface area (Å²) in [7, 11) is 0. The zero-order valence-electron chi connectivity index (χ0n) is 11.6. The molecule has 1 unspecified atom stereocenters. The molecule has 2 aromatic rings. The third-order valence-electron chi connectivity index (χ3n) is 3.87. The number of aromatic nitrogens is 2. The molecule has 0 aliphatic heterocycles. The summed E-state index contributed by atoms with van der Waals surface area (Å²) in [5.74, 6) is 0. The van der Waals surface area contributed by atoms with E-state index >= 15 is 0 Å². The van der Waals surface area contributed by atoms with E-state index in [1.807, 2.05) is 13.8 Å². The van der Waals surface area contributed by atoms with Gasteiger partial charge < -0.3 is 5.32 Å². The molecule has 2 heterocycles. The fourth-order valence-corrected chi connectivity index (χ4v) is 3.27. The molecule has 5 heteroatoms. The topological polar surface area (TPSA) is 46.9 Å². The summed E-state index contributed by atoms with van der Waals surface area (Å²) in [4.78, 5) is 19.0. The van der Waals surface area contributed by atoms with E-state index in [0.717, 1.165) is 22.3 Å². The van der Waals surface area contributed by atoms with Crippen molar-refractivity contribution in [2.45, 2.75) is 45.7 Å². The predicted octanol–water partition coefficient (Wildman–Crippen LogP) is 2.39. The van der Waals surface area contributed by atoms with Gasteiger partial charge in [-0.1, -0.05) is 0 Å². The summed E-state index contributed by atoms with van der Waals surface area (Å²) in [6.45, 7) is 6.96. The Kier molecular flexibility index (Phi) is 3.19. The van der Waals surface area contributed by atoms with E-state index < -0.39 is 0 Å². The van der Waals surface area contributed by atoms with Crippen LogP contribution in [0.15, 0.2) is 11.1 Å². The van der Waals surface area contributed by atoms with Gasteiger partial charge in [0.2, 0.25) is 0 Å². The molecule has 0 aromatic carbocycles. The summed E-state index contributed by atoms with van der Waals surface area (Å²) in [5.41, 5.74) is 1.17. The number of hydrogen-bond donors (Lipinski definition) is 1. The number of aryl methyl sites for hydroxylation is 2. The van der Waals surface area contributed by atoms with Gasteiger partial charge in [-0.05, 0) is 39.2 Å². The number of nitrogens with one attached hydrogen (secondary N) is 1. The van der Waals surface area contributed by atoms with Crippen molar-refractivity contribution in [1.29, 1.82) is 0 Å². The van der Waals surface area contributed by atoms with Crippen molar-refractivity contribution in [3.63, 3.8) is 0 Å². The molecule has 1 aliphatic carbocycles. The molecule has 1 atom stereocenters. The smallest absolute Gasteiger partial charge is 0.262 e. The Balaban J connectivity index is 1.96. The maximum Gasteiger partial charge on any atom is 0.262 e. The second-order valence-corrected chi connectivity index (χ2v) is 6.66. The first-order chi connectivity index (χ1) is 9.08. The third kappa shape index (κ3) is 2.32. The number of fused-ring (bicyclic) bond motifs is 1. The average molecular weight is 277 g/mol. The summed E-state index contributed by atoms with van der Waals surface area (Å²) < 4.78 is 1.76. The Morgan fingerprint density at radius 1 is 1.53 bits per heavy atom. The molecule has 0 amide bonds. The molecular formula is C14H19N3OS. The van der Waals surface area contributed by atoms with Crippen LogP contribution in [0.2, 0.25) is 0 Å². The molecule has 0 saturated heterocycles. The van der Waals surface area contributed by atoms with Gasteiger partial charge in [0.25, 0.3) is 5.56 Å². The lowest BCUT2D eigenvalue weighted by Gasteiger charge is -2.15. The van der Waals surface area contributed by atoms with Gasteiger partial charge in [-0.2, -0.15) is 0 Å². The SMILES string of the molecule is Cc1sc2ncn(C(C)CNC3CC3)c(=O)c2c1C. The lowest BCUT2D eigenvalue weighted by Crippen LogP contribution is -2.31. The highest BCUT2D eigenvalue weighted by molar-refractivity contribution is 7.18. The van der Waals surface area contributed by atoms with Crippen LogP contribution in [-0.2, 0) is 0 Å². The second-order valence-electron chi connectivity index (χ2n) is 5.45. The fourth-order valence-electron chi connectivity index (χ4n) is 2.28. The van der Waals surface area contributed by atoms with Crippen molar-refractivity contribution in [3.8, 4) is 0 Å². The quantitative estimate of drug-likeness (QED) is 0.933. The number of thiophene rings is 1. The molecule has 2 aromatic heterocycles. The van der Waals surface area contributed by atoms with Crippen molar-refractivity contribution in [2.75, 3.05) is 6.54 Å². The highest BCUT2D eigenvalue weighted by atomic mass is 32.1. The lowest BCUT2D eigenvalue weighted by molar-refractivity contribution is 0.477.